The number of nitrogens with one attached hydrogen (secondary N) is 2. The molecule has 2 N–H and O–H groups in total. The van der Waals surface area contributed by atoms with Gasteiger partial charge in [-0.1, -0.05) is 24.3 Å². The van der Waals surface area contributed by atoms with E-state index in [4.69, 9.17) is 0 Å². The summed E-state index contributed by atoms with van der Waals surface area (Å²) in [6.07, 6.45) is 5.30. The van der Waals surface area contributed by atoms with E-state index in [2.05, 4.69) is 20.7 Å². The Morgan fingerprint density at radius 1 is 0.957 bits per heavy atom. The van der Waals surface area contributed by atoms with Crippen LogP contribution in [0.3, 0.4) is 0 Å². The zero-order chi connectivity index (χ0) is 15.9. The molecule has 0 aliphatic heterocycles. The summed E-state index contributed by atoms with van der Waals surface area (Å²) < 4.78 is 1.78. The molecular formula is C17H17N5O. The van der Waals surface area contributed by atoms with Crippen LogP contribution >= 0.6 is 0 Å². The van der Waals surface area contributed by atoms with Crippen molar-refractivity contribution in [2.45, 2.75) is 13.1 Å². The van der Waals surface area contributed by atoms with Crippen molar-refractivity contribution in [3.8, 4) is 5.69 Å². The van der Waals surface area contributed by atoms with Gasteiger partial charge < -0.3 is 10.6 Å². The summed E-state index contributed by atoms with van der Waals surface area (Å²) in [5.74, 6) is 0. The molecule has 0 aliphatic carbocycles. The summed E-state index contributed by atoms with van der Waals surface area (Å²) in [6, 6.07) is 15.1. The van der Waals surface area contributed by atoms with Crippen molar-refractivity contribution in [2.24, 2.45) is 0 Å². The summed E-state index contributed by atoms with van der Waals surface area (Å²) in [5, 5.41) is 9.87. The molecule has 0 saturated heterocycles. The maximum atomic E-state index is 11.9. The standard InChI is InChI=1S/C17H17N5O/c23-17(20-13-15-7-3-4-9-18-15)19-12-14-6-1-2-8-16(14)22-11-5-10-21-22/h1-11H,12-13H2,(H2,19,20,23). The molecule has 0 atom stereocenters. The number of aromatic nitrogens is 3. The van der Waals surface area contributed by atoms with Crippen LogP contribution in [0.2, 0.25) is 0 Å². The molecule has 0 fully saturated rings. The largest absolute Gasteiger partial charge is 0.334 e. The molecule has 0 saturated carbocycles. The van der Waals surface area contributed by atoms with Gasteiger partial charge >= 0.3 is 6.03 Å². The van der Waals surface area contributed by atoms with Crippen molar-refractivity contribution in [1.82, 2.24) is 25.4 Å². The molecule has 3 aromatic rings. The lowest BCUT2D eigenvalue weighted by Crippen LogP contribution is -2.35. The second kappa shape index (κ2) is 7.22. The molecule has 2 amide bonds. The normalized spacial score (nSPS) is 10.3. The average molecular weight is 307 g/mol. The molecular weight excluding hydrogens is 290 g/mol. The van der Waals surface area contributed by atoms with E-state index in [0.717, 1.165) is 16.9 Å². The summed E-state index contributed by atoms with van der Waals surface area (Å²) in [5.41, 5.74) is 2.76. The molecule has 2 aromatic heterocycles. The maximum absolute atomic E-state index is 11.9. The Morgan fingerprint density at radius 3 is 2.57 bits per heavy atom. The molecule has 0 spiro atoms. The molecule has 2 heterocycles. The number of benzene rings is 1. The number of carbonyl (C=O) groups excluding carboxylic acids is 1. The highest BCUT2D eigenvalue weighted by Gasteiger charge is 2.06. The van der Waals surface area contributed by atoms with Gasteiger partial charge in [0, 0.05) is 25.1 Å². The first-order chi connectivity index (χ1) is 11.3. The Balaban J connectivity index is 1.57. The highest BCUT2D eigenvalue weighted by molar-refractivity contribution is 5.73. The number of nitrogens with zero attached hydrogens (tertiary/aromatic N) is 3. The third-order valence-electron chi connectivity index (χ3n) is 3.34. The number of para-hydroxylation sites is 1. The van der Waals surface area contributed by atoms with E-state index in [-0.39, 0.29) is 6.03 Å². The van der Waals surface area contributed by atoms with E-state index >= 15 is 0 Å². The minimum atomic E-state index is -0.231. The highest BCUT2D eigenvalue weighted by atomic mass is 16.2. The first-order valence-electron chi connectivity index (χ1n) is 7.32. The van der Waals surface area contributed by atoms with Gasteiger partial charge in [0.1, 0.15) is 0 Å². The van der Waals surface area contributed by atoms with Crippen LogP contribution in [0.15, 0.2) is 67.1 Å². The van der Waals surface area contributed by atoms with Crippen molar-refractivity contribution in [2.75, 3.05) is 0 Å². The molecule has 116 valence electrons. The van der Waals surface area contributed by atoms with Crippen LogP contribution in [0.1, 0.15) is 11.3 Å². The minimum absolute atomic E-state index is 0.231. The number of urea groups is 1. The average Bonchev–Trinajstić information content (AvgIpc) is 3.14. The zero-order valence-corrected chi connectivity index (χ0v) is 12.5. The summed E-state index contributed by atoms with van der Waals surface area (Å²) in [7, 11) is 0. The molecule has 3 rings (SSSR count). The monoisotopic (exact) mass is 307 g/mol. The molecule has 0 unspecified atom stereocenters. The predicted molar refractivity (Wildman–Crippen MR) is 86.9 cm³/mol. The Morgan fingerprint density at radius 2 is 1.78 bits per heavy atom. The topological polar surface area (TPSA) is 71.8 Å². The minimum Gasteiger partial charge on any atom is -0.334 e. The van der Waals surface area contributed by atoms with Crippen molar-refractivity contribution in [1.29, 1.82) is 0 Å². The van der Waals surface area contributed by atoms with E-state index in [0.29, 0.717) is 13.1 Å². The third kappa shape index (κ3) is 3.94. The van der Waals surface area contributed by atoms with Crippen molar-refractivity contribution in [3.05, 3.63) is 78.4 Å². The van der Waals surface area contributed by atoms with E-state index in [1.54, 1.807) is 17.1 Å². The second-order valence-corrected chi connectivity index (χ2v) is 4.94. The van der Waals surface area contributed by atoms with Crippen molar-refractivity contribution in [3.63, 3.8) is 0 Å². The van der Waals surface area contributed by atoms with Gasteiger partial charge in [0.2, 0.25) is 0 Å². The van der Waals surface area contributed by atoms with Gasteiger partial charge in [-0.2, -0.15) is 5.10 Å². The van der Waals surface area contributed by atoms with Gasteiger partial charge in [-0.25, -0.2) is 9.48 Å². The zero-order valence-electron chi connectivity index (χ0n) is 12.5. The van der Waals surface area contributed by atoms with Crippen LogP contribution in [0.4, 0.5) is 4.79 Å². The highest BCUT2D eigenvalue weighted by Crippen LogP contribution is 2.12. The van der Waals surface area contributed by atoms with Crippen molar-refractivity contribution >= 4 is 6.03 Å². The van der Waals surface area contributed by atoms with Crippen LogP contribution < -0.4 is 10.6 Å². The number of rotatable bonds is 5. The quantitative estimate of drug-likeness (QED) is 0.759. The molecule has 6 nitrogen and oxygen atoms in total. The molecule has 0 bridgehead atoms. The lowest BCUT2D eigenvalue weighted by Gasteiger charge is -2.11. The Bertz CT molecular complexity index is 756. The molecule has 6 heteroatoms. The number of pyridine rings is 1. The van der Waals surface area contributed by atoms with Gasteiger partial charge in [-0.15, -0.1) is 0 Å². The fourth-order valence-corrected chi connectivity index (χ4v) is 2.21. The summed E-state index contributed by atoms with van der Waals surface area (Å²) in [4.78, 5) is 16.1. The lowest BCUT2D eigenvalue weighted by atomic mass is 10.2. The summed E-state index contributed by atoms with van der Waals surface area (Å²) in [6.45, 7) is 0.817. The van der Waals surface area contributed by atoms with Gasteiger partial charge in [0.25, 0.3) is 0 Å². The Kier molecular flexibility index (Phi) is 4.63. The van der Waals surface area contributed by atoms with Crippen LogP contribution in [0, 0.1) is 0 Å². The summed E-state index contributed by atoms with van der Waals surface area (Å²) >= 11 is 0. The van der Waals surface area contributed by atoms with E-state index in [1.165, 1.54) is 0 Å². The van der Waals surface area contributed by atoms with Gasteiger partial charge in [0.05, 0.1) is 17.9 Å². The second-order valence-electron chi connectivity index (χ2n) is 4.94. The maximum Gasteiger partial charge on any atom is 0.315 e. The first kappa shape index (κ1) is 14.8. The number of amides is 2. The van der Waals surface area contributed by atoms with Crippen LogP contribution in [-0.2, 0) is 13.1 Å². The molecule has 0 aliphatic rings. The van der Waals surface area contributed by atoms with E-state index < -0.39 is 0 Å². The number of hydrogen-bond acceptors (Lipinski definition) is 3. The van der Waals surface area contributed by atoms with Crippen LogP contribution in [0.25, 0.3) is 5.69 Å². The van der Waals surface area contributed by atoms with Gasteiger partial charge in [-0.3, -0.25) is 4.98 Å². The molecule has 0 radical (unpaired) electrons. The van der Waals surface area contributed by atoms with Crippen LogP contribution in [0.5, 0.6) is 0 Å². The smallest absolute Gasteiger partial charge is 0.315 e. The fraction of sp³-hybridized carbons (Fsp3) is 0.118. The predicted octanol–water partition coefficient (Wildman–Crippen LogP) is 2.27. The van der Waals surface area contributed by atoms with E-state index in [9.17, 15) is 4.79 Å². The number of carbonyl (C=O) groups is 1. The molecule has 23 heavy (non-hydrogen) atoms. The molecule has 1 aromatic carbocycles. The van der Waals surface area contributed by atoms with Gasteiger partial charge in [-0.05, 0) is 29.8 Å². The third-order valence-corrected chi connectivity index (χ3v) is 3.34. The Hall–Kier alpha value is -3.15. The van der Waals surface area contributed by atoms with E-state index in [1.807, 2.05) is 54.7 Å². The SMILES string of the molecule is O=C(NCc1ccccn1)NCc1ccccc1-n1cccn1. The van der Waals surface area contributed by atoms with Gasteiger partial charge in [0.15, 0.2) is 0 Å². The number of hydrogen-bond donors (Lipinski definition) is 2. The fourth-order valence-electron chi connectivity index (χ4n) is 2.21. The van der Waals surface area contributed by atoms with Crippen LogP contribution in [-0.4, -0.2) is 20.8 Å². The van der Waals surface area contributed by atoms with Crippen molar-refractivity contribution < 1.29 is 4.79 Å². The Labute approximate surface area is 134 Å². The first-order valence-corrected chi connectivity index (χ1v) is 7.32. The lowest BCUT2D eigenvalue weighted by molar-refractivity contribution is 0.240.